The first-order valence-electron chi connectivity index (χ1n) is 6.25. The van der Waals surface area contributed by atoms with Crippen molar-refractivity contribution in [1.29, 1.82) is 0 Å². The third-order valence-electron chi connectivity index (χ3n) is 3.32. The summed E-state index contributed by atoms with van der Waals surface area (Å²) >= 11 is 0. The Morgan fingerprint density at radius 2 is 2.17 bits per heavy atom. The lowest BCUT2D eigenvalue weighted by atomic mass is 9.99. The minimum atomic E-state index is -0.392. The topological polar surface area (TPSA) is 64.4 Å². The highest BCUT2D eigenvalue weighted by molar-refractivity contribution is 5.43. The molecule has 1 aliphatic heterocycles. The van der Waals surface area contributed by atoms with Crippen LogP contribution in [0.15, 0.2) is 18.2 Å². The van der Waals surface area contributed by atoms with Crippen LogP contribution in [0.5, 0.6) is 5.75 Å². The van der Waals surface area contributed by atoms with E-state index in [-0.39, 0.29) is 5.69 Å². The van der Waals surface area contributed by atoms with E-state index in [0.29, 0.717) is 18.3 Å². The summed E-state index contributed by atoms with van der Waals surface area (Å²) in [6, 6.07) is 4.75. The molecule has 5 heteroatoms. The van der Waals surface area contributed by atoms with Crippen LogP contribution in [-0.4, -0.2) is 24.6 Å². The summed E-state index contributed by atoms with van der Waals surface area (Å²) in [5.74, 6) is 1.17. The lowest BCUT2D eigenvalue weighted by molar-refractivity contribution is -0.385. The number of nitro benzene ring substituents is 1. The smallest absolute Gasteiger partial charge is 0.273 e. The standard InChI is InChI=1S/C13H18N2O3/c1-10-2-3-12(15(16)17)8-13(10)18-9-11-4-6-14-7-5-11/h2-3,8,11,14H,4-7,9H2,1H3. The third kappa shape index (κ3) is 3.20. The second-order valence-corrected chi connectivity index (χ2v) is 4.71. The van der Waals surface area contributed by atoms with Crippen molar-refractivity contribution in [2.75, 3.05) is 19.7 Å². The number of nitro groups is 1. The Labute approximate surface area is 106 Å². The molecule has 1 aromatic rings. The molecule has 0 radical (unpaired) electrons. The number of hydrogen-bond donors (Lipinski definition) is 1. The Balaban J connectivity index is 1.99. The number of hydrogen-bond acceptors (Lipinski definition) is 4. The molecule has 1 aromatic carbocycles. The fourth-order valence-electron chi connectivity index (χ4n) is 2.11. The van der Waals surface area contributed by atoms with Crippen molar-refractivity contribution in [2.45, 2.75) is 19.8 Å². The molecular weight excluding hydrogens is 232 g/mol. The number of piperidine rings is 1. The van der Waals surface area contributed by atoms with E-state index < -0.39 is 4.92 Å². The van der Waals surface area contributed by atoms with Crippen LogP contribution in [0.25, 0.3) is 0 Å². The van der Waals surface area contributed by atoms with Crippen molar-refractivity contribution >= 4 is 5.69 Å². The maximum Gasteiger partial charge on any atom is 0.273 e. The molecule has 1 heterocycles. The van der Waals surface area contributed by atoms with E-state index in [4.69, 9.17) is 4.74 Å². The number of ether oxygens (including phenoxy) is 1. The molecule has 18 heavy (non-hydrogen) atoms. The van der Waals surface area contributed by atoms with Gasteiger partial charge in [0.15, 0.2) is 0 Å². The number of rotatable bonds is 4. The van der Waals surface area contributed by atoms with Crippen molar-refractivity contribution in [1.82, 2.24) is 5.32 Å². The molecule has 0 atom stereocenters. The maximum atomic E-state index is 10.7. The molecule has 0 spiro atoms. The van der Waals surface area contributed by atoms with Crippen LogP contribution in [0.3, 0.4) is 0 Å². The molecule has 0 amide bonds. The average Bonchev–Trinajstić information content (AvgIpc) is 2.38. The zero-order chi connectivity index (χ0) is 13.0. The van der Waals surface area contributed by atoms with Crippen LogP contribution in [0, 0.1) is 23.0 Å². The van der Waals surface area contributed by atoms with Gasteiger partial charge in [0, 0.05) is 6.07 Å². The van der Waals surface area contributed by atoms with Gasteiger partial charge >= 0.3 is 0 Å². The van der Waals surface area contributed by atoms with Gasteiger partial charge in [0.05, 0.1) is 17.6 Å². The van der Waals surface area contributed by atoms with Crippen molar-refractivity contribution in [3.63, 3.8) is 0 Å². The molecule has 0 saturated carbocycles. The van der Waals surface area contributed by atoms with Gasteiger partial charge in [0.25, 0.3) is 5.69 Å². The zero-order valence-electron chi connectivity index (χ0n) is 10.5. The average molecular weight is 250 g/mol. The molecule has 1 aliphatic rings. The fourth-order valence-corrected chi connectivity index (χ4v) is 2.11. The van der Waals surface area contributed by atoms with Gasteiger partial charge in [-0.15, -0.1) is 0 Å². The monoisotopic (exact) mass is 250 g/mol. The molecule has 1 fully saturated rings. The quantitative estimate of drug-likeness (QED) is 0.657. The second-order valence-electron chi connectivity index (χ2n) is 4.71. The summed E-state index contributed by atoms with van der Waals surface area (Å²) in [6.07, 6.45) is 2.21. The van der Waals surface area contributed by atoms with E-state index in [9.17, 15) is 10.1 Å². The molecule has 98 valence electrons. The number of benzene rings is 1. The van der Waals surface area contributed by atoms with E-state index in [1.165, 1.54) is 12.1 Å². The summed E-state index contributed by atoms with van der Waals surface area (Å²) in [4.78, 5) is 10.3. The summed E-state index contributed by atoms with van der Waals surface area (Å²) in [7, 11) is 0. The summed E-state index contributed by atoms with van der Waals surface area (Å²) in [5, 5.41) is 14.0. The van der Waals surface area contributed by atoms with Crippen molar-refractivity contribution in [3.05, 3.63) is 33.9 Å². The summed E-state index contributed by atoms with van der Waals surface area (Å²) in [5.41, 5.74) is 1.02. The van der Waals surface area contributed by atoms with E-state index in [0.717, 1.165) is 31.5 Å². The highest BCUT2D eigenvalue weighted by Crippen LogP contribution is 2.25. The molecule has 0 aliphatic carbocycles. The van der Waals surface area contributed by atoms with Gasteiger partial charge in [-0.05, 0) is 50.4 Å². The van der Waals surface area contributed by atoms with Gasteiger partial charge in [-0.3, -0.25) is 10.1 Å². The molecular formula is C13H18N2O3. The minimum Gasteiger partial charge on any atom is -0.493 e. The SMILES string of the molecule is Cc1ccc([N+](=O)[O-])cc1OCC1CCNCC1. The molecule has 0 aromatic heterocycles. The maximum absolute atomic E-state index is 10.7. The Morgan fingerprint density at radius 1 is 1.44 bits per heavy atom. The van der Waals surface area contributed by atoms with Crippen LogP contribution in [0.2, 0.25) is 0 Å². The van der Waals surface area contributed by atoms with Crippen LogP contribution in [0.4, 0.5) is 5.69 Å². The van der Waals surface area contributed by atoms with Gasteiger partial charge in [0.2, 0.25) is 0 Å². The molecule has 1 N–H and O–H groups in total. The van der Waals surface area contributed by atoms with Crippen molar-refractivity contribution < 1.29 is 9.66 Å². The Kier molecular flexibility index (Phi) is 4.15. The first kappa shape index (κ1) is 12.8. The second kappa shape index (κ2) is 5.82. The predicted molar refractivity (Wildman–Crippen MR) is 68.9 cm³/mol. The van der Waals surface area contributed by atoms with E-state index in [2.05, 4.69) is 5.32 Å². The molecule has 0 bridgehead atoms. The lowest BCUT2D eigenvalue weighted by Crippen LogP contribution is -2.30. The van der Waals surface area contributed by atoms with Gasteiger partial charge in [-0.2, -0.15) is 0 Å². The summed E-state index contributed by atoms with van der Waals surface area (Å²) < 4.78 is 5.73. The number of nitrogens with one attached hydrogen (secondary N) is 1. The van der Waals surface area contributed by atoms with Crippen molar-refractivity contribution in [2.24, 2.45) is 5.92 Å². The Morgan fingerprint density at radius 3 is 2.83 bits per heavy atom. The summed E-state index contributed by atoms with van der Waals surface area (Å²) in [6.45, 7) is 4.61. The lowest BCUT2D eigenvalue weighted by Gasteiger charge is -2.23. The van der Waals surface area contributed by atoms with Gasteiger partial charge in [-0.25, -0.2) is 0 Å². The van der Waals surface area contributed by atoms with Crippen LogP contribution < -0.4 is 10.1 Å². The minimum absolute atomic E-state index is 0.0842. The predicted octanol–water partition coefficient (Wildman–Crippen LogP) is 2.28. The number of aryl methyl sites for hydroxylation is 1. The van der Waals surface area contributed by atoms with Crippen LogP contribution in [-0.2, 0) is 0 Å². The van der Waals surface area contributed by atoms with Gasteiger partial charge in [0.1, 0.15) is 5.75 Å². The highest BCUT2D eigenvalue weighted by Gasteiger charge is 2.15. The number of non-ortho nitro benzene ring substituents is 1. The normalized spacial score (nSPS) is 16.5. The van der Waals surface area contributed by atoms with Crippen LogP contribution >= 0.6 is 0 Å². The number of nitrogens with zero attached hydrogens (tertiary/aromatic N) is 1. The Bertz CT molecular complexity index is 428. The molecule has 0 unspecified atom stereocenters. The van der Waals surface area contributed by atoms with Gasteiger partial charge in [-0.1, -0.05) is 0 Å². The first-order chi connectivity index (χ1) is 8.66. The fraction of sp³-hybridized carbons (Fsp3) is 0.538. The van der Waals surface area contributed by atoms with E-state index in [1.807, 2.05) is 6.92 Å². The molecule has 1 saturated heterocycles. The van der Waals surface area contributed by atoms with Crippen molar-refractivity contribution in [3.8, 4) is 5.75 Å². The van der Waals surface area contributed by atoms with Gasteiger partial charge < -0.3 is 10.1 Å². The van der Waals surface area contributed by atoms with Crippen LogP contribution in [0.1, 0.15) is 18.4 Å². The van der Waals surface area contributed by atoms with E-state index >= 15 is 0 Å². The molecule has 5 nitrogen and oxygen atoms in total. The Hall–Kier alpha value is -1.62. The van der Waals surface area contributed by atoms with E-state index in [1.54, 1.807) is 6.07 Å². The first-order valence-corrected chi connectivity index (χ1v) is 6.25. The highest BCUT2D eigenvalue weighted by atomic mass is 16.6. The zero-order valence-corrected chi connectivity index (χ0v) is 10.5. The third-order valence-corrected chi connectivity index (χ3v) is 3.32. The largest absolute Gasteiger partial charge is 0.493 e. The molecule has 2 rings (SSSR count).